The number of pyridine rings is 1. The first-order chi connectivity index (χ1) is 15.3. The molecule has 1 heterocycles. The molecule has 0 aliphatic heterocycles. The smallest absolute Gasteiger partial charge is 0.0897 e. The molecule has 2 heteroatoms. The van der Waals surface area contributed by atoms with Crippen molar-refractivity contribution in [3.8, 4) is 11.3 Å². The molecule has 1 aromatic carbocycles. The SMILES string of the molecule is C/C=C(\C)C(C)C.C=C(C)NC(/C(C)=C/C=C\C=C/C)c1cccc(-c2ccccc2)n1. The number of benzene rings is 1. The van der Waals surface area contributed by atoms with Gasteiger partial charge in [-0.3, -0.25) is 4.98 Å². The monoisotopic (exact) mass is 428 g/mol. The van der Waals surface area contributed by atoms with Gasteiger partial charge in [-0.05, 0) is 58.2 Å². The lowest BCUT2D eigenvalue weighted by molar-refractivity contribution is 0.661. The van der Waals surface area contributed by atoms with Crippen LogP contribution in [0.25, 0.3) is 11.3 Å². The summed E-state index contributed by atoms with van der Waals surface area (Å²) in [6, 6.07) is 16.4. The average molecular weight is 429 g/mol. The molecule has 0 amide bonds. The third-order valence-electron chi connectivity index (χ3n) is 5.12. The summed E-state index contributed by atoms with van der Waals surface area (Å²) < 4.78 is 0. The van der Waals surface area contributed by atoms with Gasteiger partial charge in [0.1, 0.15) is 0 Å². The molecule has 170 valence electrons. The van der Waals surface area contributed by atoms with E-state index in [-0.39, 0.29) is 6.04 Å². The van der Waals surface area contributed by atoms with Gasteiger partial charge in [0.15, 0.2) is 0 Å². The molecule has 0 bridgehead atoms. The largest absolute Gasteiger partial charge is 0.377 e. The van der Waals surface area contributed by atoms with E-state index in [0.717, 1.165) is 28.6 Å². The Morgan fingerprint density at radius 3 is 2.09 bits per heavy atom. The molecule has 0 fully saturated rings. The van der Waals surface area contributed by atoms with E-state index in [9.17, 15) is 0 Å². The molecule has 32 heavy (non-hydrogen) atoms. The summed E-state index contributed by atoms with van der Waals surface area (Å²) in [6.45, 7) is 18.7. The van der Waals surface area contributed by atoms with Crippen LogP contribution in [0.2, 0.25) is 0 Å². The van der Waals surface area contributed by atoms with Gasteiger partial charge in [0.25, 0.3) is 0 Å². The van der Waals surface area contributed by atoms with Crippen molar-refractivity contribution in [3.63, 3.8) is 0 Å². The first kappa shape index (κ1) is 26.9. The fourth-order valence-corrected chi connectivity index (χ4v) is 2.86. The Balaban J connectivity index is 0.000000633. The number of rotatable bonds is 8. The molecule has 2 nitrogen and oxygen atoms in total. The molecular formula is C30H40N2. The Labute approximate surface area is 196 Å². The van der Waals surface area contributed by atoms with E-state index in [2.05, 4.69) is 82.9 Å². The van der Waals surface area contributed by atoms with E-state index in [0.29, 0.717) is 0 Å². The average Bonchev–Trinajstić information content (AvgIpc) is 2.80. The molecule has 2 rings (SSSR count). The predicted octanol–water partition coefficient (Wildman–Crippen LogP) is 8.60. The van der Waals surface area contributed by atoms with Crippen molar-refractivity contribution in [2.24, 2.45) is 5.92 Å². The number of hydrogen-bond acceptors (Lipinski definition) is 2. The zero-order valence-electron chi connectivity index (χ0n) is 20.9. The van der Waals surface area contributed by atoms with E-state index in [1.54, 1.807) is 0 Å². The van der Waals surface area contributed by atoms with Crippen molar-refractivity contribution in [2.75, 3.05) is 0 Å². The topological polar surface area (TPSA) is 24.9 Å². The molecule has 1 unspecified atom stereocenters. The summed E-state index contributed by atoms with van der Waals surface area (Å²) >= 11 is 0. The zero-order valence-corrected chi connectivity index (χ0v) is 20.9. The summed E-state index contributed by atoms with van der Waals surface area (Å²) in [5.74, 6) is 0.727. The highest BCUT2D eigenvalue weighted by Gasteiger charge is 2.15. The van der Waals surface area contributed by atoms with E-state index < -0.39 is 0 Å². The van der Waals surface area contributed by atoms with Crippen LogP contribution in [0.4, 0.5) is 0 Å². The first-order valence-corrected chi connectivity index (χ1v) is 11.3. The van der Waals surface area contributed by atoms with Crippen molar-refractivity contribution in [2.45, 2.75) is 54.5 Å². The predicted molar refractivity (Wildman–Crippen MR) is 142 cm³/mol. The van der Waals surface area contributed by atoms with Gasteiger partial charge in [-0.15, -0.1) is 0 Å². The number of hydrogen-bond donors (Lipinski definition) is 1. The van der Waals surface area contributed by atoms with E-state index in [1.807, 2.05) is 62.4 Å². The lowest BCUT2D eigenvalue weighted by atomic mass is 10.0. The Morgan fingerprint density at radius 1 is 0.875 bits per heavy atom. The highest BCUT2D eigenvalue weighted by molar-refractivity contribution is 5.59. The van der Waals surface area contributed by atoms with E-state index >= 15 is 0 Å². The van der Waals surface area contributed by atoms with Crippen molar-refractivity contribution in [1.82, 2.24) is 10.3 Å². The standard InChI is InChI=1S/C23H26N2.C7H14/c1-5-6-7-9-13-19(4)23(24-18(2)3)22-17-12-16-21(25-22)20-14-10-8-11-15-20;1-5-7(4)6(2)3/h5-17,23-24H,2H2,1,3-4H3;5-6H,1-4H3/b6-5-,9-7-,19-13+;7-5+. The summed E-state index contributed by atoms with van der Waals surface area (Å²) in [5.41, 5.74) is 6.65. The van der Waals surface area contributed by atoms with Crippen molar-refractivity contribution in [3.05, 3.63) is 114 Å². The van der Waals surface area contributed by atoms with Crippen LogP contribution in [0.5, 0.6) is 0 Å². The lowest BCUT2D eigenvalue weighted by Gasteiger charge is -2.21. The number of nitrogens with one attached hydrogen (secondary N) is 1. The van der Waals surface area contributed by atoms with Gasteiger partial charge in [0.05, 0.1) is 17.4 Å². The minimum Gasteiger partial charge on any atom is -0.377 e. The Kier molecular flexibility index (Phi) is 12.4. The second kappa shape index (κ2) is 14.8. The highest BCUT2D eigenvalue weighted by Crippen LogP contribution is 2.24. The van der Waals surface area contributed by atoms with Crippen molar-refractivity contribution in [1.29, 1.82) is 0 Å². The molecule has 1 atom stereocenters. The Bertz CT molecular complexity index is 944. The molecule has 1 aromatic heterocycles. The van der Waals surface area contributed by atoms with Gasteiger partial charge >= 0.3 is 0 Å². The van der Waals surface area contributed by atoms with Crippen LogP contribution in [0.15, 0.2) is 108 Å². The van der Waals surface area contributed by atoms with Crippen molar-refractivity contribution < 1.29 is 0 Å². The second-order valence-electron chi connectivity index (χ2n) is 8.18. The maximum absolute atomic E-state index is 4.88. The highest BCUT2D eigenvalue weighted by atomic mass is 14.9. The van der Waals surface area contributed by atoms with E-state index in [1.165, 1.54) is 11.1 Å². The van der Waals surface area contributed by atoms with Crippen LogP contribution in [-0.4, -0.2) is 4.98 Å². The normalized spacial score (nSPS) is 13.2. The molecule has 0 aliphatic rings. The van der Waals surface area contributed by atoms with Gasteiger partial charge in [-0.2, -0.15) is 0 Å². The lowest BCUT2D eigenvalue weighted by Crippen LogP contribution is -2.21. The summed E-state index contributed by atoms with van der Waals surface area (Å²) in [5, 5.41) is 3.44. The van der Waals surface area contributed by atoms with Gasteiger partial charge in [-0.25, -0.2) is 0 Å². The maximum Gasteiger partial charge on any atom is 0.0897 e. The van der Waals surface area contributed by atoms with Gasteiger partial charge in [-0.1, -0.05) is 98.9 Å². The van der Waals surface area contributed by atoms with Crippen LogP contribution < -0.4 is 5.32 Å². The minimum absolute atomic E-state index is 0.00332. The molecule has 0 radical (unpaired) electrons. The maximum atomic E-state index is 4.88. The van der Waals surface area contributed by atoms with Crippen LogP contribution in [0.1, 0.15) is 60.2 Å². The summed E-state index contributed by atoms with van der Waals surface area (Å²) in [6.07, 6.45) is 12.4. The molecule has 0 aliphatic carbocycles. The minimum atomic E-state index is -0.00332. The van der Waals surface area contributed by atoms with Gasteiger partial charge < -0.3 is 5.32 Å². The van der Waals surface area contributed by atoms with Crippen LogP contribution >= 0.6 is 0 Å². The van der Waals surface area contributed by atoms with Gasteiger partial charge in [0, 0.05) is 11.3 Å². The molecule has 2 aromatic rings. The molecule has 0 saturated heterocycles. The Morgan fingerprint density at radius 2 is 1.56 bits per heavy atom. The second-order valence-corrected chi connectivity index (χ2v) is 8.18. The van der Waals surface area contributed by atoms with Crippen LogP contribution in [0, 0.1) is 5.92 Å². The third kappa shape index (κ3) is 9.78. The number of aromatic nitrogens is 1. The summed E-state index contributed by atoms with van der Waals surface area (Å²) in [7, 11) is 0. The first-order valence-electron chi connectivity index (χ1n) is 11.3. The fourth-order valence-electron chi connectivity index (χ4n) is 2.86. The third-order valence-corrected chi connectivity index (χ3v) is 5.12. The quantitative estimate of drug-likeness (QED) is 0.336. The van der Waals surface area contributed by atoms with E-state index in [4.69, 9.17) is 4.98 Å². The molecule has 0 spiro atoms. The van der Waals surface area contributed by atoms with Gasteiger partial charge in [0.2, 0.25) is 0 Å². The zero-order chi connectivity index (χ0) is 23.9. The van der Waals surface area contributed by atoms with Crippen LogP contribution in [0.3, 0.4) is 0 Å². The molecule has 0 saturated carbocycles. The summed E-state index contributed by atoms with van der Waals surface area (Å²) in [4.78, 5) is 4.88. The number of nitrogens with zero attached hydrogens (tertiary/aromatic N) is 1. The fraction of sp³-hybridized carbons (Fsp3) is 0.300. The number of allylic oxidation sites excluding steroid dienone is 8. The van der Waals surface area contributed by atoms with Crippen LogP contribution in [-0.2, 0) is 0 Å². The molecule has 1 N–H and O–H groups in total. The molecular weight excluding hydrogens is 388 g/mol. The Hall–Kier alpha value is -3.13. The van der Waals surface area contributed by atoms with Crippen molar-refractivity contribution >= 4 is 0 Å².